The van der Waals surface area contributed by atoms with Gasteiger partial charge in [-0.1, -0.05) is 41.4 Å². The first-order valence-corrected chi connectivity index (χ1v) is 7.32. The Morgan fingerprint density at radius 2 is 1.91 bits per heavy atom. The van der Waals surface area contributed by atoms with E-state index < -0.39 is 0 Å². The van der Waals surface area contributed by atoms with Gasteiger partial charge in [-0.25, -0.2) is 5.43 Å². The lowest BCUT2D eigenvalue weighted by Crippen LogP contribution is -2.26. The number of amides is 1. The molecular formula is C17H18ClN3O. The second-order valence-corrected chi connectivity index (χ2v) is 5.40. The lowest BCUT2D eigenvalue weighted by atomic mass is 10.1. The van der Waals surface area contributed by atoms with Gasteiger partial charge in [-0.3, -0.25) is 4.79 Å². The standard InChI is InChI=1S/C17H18ClN3O/c1-12-6-8-16(9-7-12)19-11-17(22)21-20-13(2)14-4-3-5-15(18)10-14/h3-10,19H,11H2,1-2H3,(H,21,22)/b20-13-. The Kier molecular flexibility index (Phi) is 5.55. The predicted molar refractivity (Wildman–Crippen MR) is 91.5 cm³/mol. The topological polar surface area (TPSA) is 53.5 Å². The molecule has 2 N–H and O–H groups in total. The number of nitrogens with zero attached hydrogens (tertiary/aromatic N) is 1. The smallest absolute Gasteiger partial charge is 0.259 e. The van der Waals surface area contributed by atoms with Crippen molar-refractivity contribution < 1.29 is 4.79 Å². The molecule has 0 unspecified atom stereocenters. The van der Waals surface area contributed by atoms with Gasteiger partial charge >= 0.3 is 0 Å². The molecule has 0 aliphatic rings. The summed E-state index contributed by atoms with van der Waals surface area (Å²) in [5, 5.41) is 7.76. The van der Waals surface area contributed by atoms with Crippen molar-refractivity contribution in [1.82, 2.24) is 5.43 Å². The first-order chi connectivity index (χ1) is 10.5. The second-order valence-electron chi connectivity index (χ2n) is 4.96. The van der Waals surface area contributed by atoms with Crippen molar-refractivity contribution in [3.05, 3.63) is 64.7 Å². The van der Waals surface area contributed by atoms with Gasteiger partial charge in [0.1, 0.15) is 0 Å². The molecule has 0 saturated carbocycles. The highest BCUT2D eigenvalue weighted by Gasteiger charge is 2.02. The molecule has 0 bridgehead atoms. The molecule has 0 saturated heterocycles. The third-order valence-electron chi connectivity index (χ3n) is 3.10. The molecule has 2 rings (SSSR count). The Bertz CT molecular complexity index is 681. The summed E-state index contributed by atoms with van der Waals surface area (Å²) >= 11 is 5.93. The Hall–Kier alpha value is -2.33. The fourth-order valence-electron chi connectivity index (χ4n) is 1.82. The average molecular weight is 316 g/mol. The van der Waals surface area contributed by atoms with Gasteiger partial charge in [-0.05, 0) is 43.7 Å². The highest BCUT2D eigenvalue weighted by Crippen LogP contribution is 2.11. The van der Waals surface area contributed by atoms with Gasteiger partial charge in [0, 0.05) is 10.7 Å². The van der Waals surface area contributed by atoms with Crippen molar-refractivity contribution in [3.63, 3.8) is 0 Å². The molecule has 0 spiro atoms. The van der Waals surface area contributed by atoms with Crippen LogP contribution >= 0.6 is 11.6 Å². The summed E-state index contributed by atoms with van der Waals surface area (Å²) in [6, 6.07) is 15.2. The molecule has 4 nitrogen and oxygen atoms in total. The molecule has 0 fully saturated rings. The summed E-state index contributed by atoms with van der Waals surface area (Å²) in [5.41, 5.74) is 6.18. The first-order valence-electron chi connectivity index (χ1n) is 6.94. The maximum atomic E-state index is 11.8. The van der Waals surface area contributed by atoms with Crippen LogP contribution in [0.2, 0.25) is 5.02 Å². The van der Waals surface area contributed by atoms with Crippen LogP contribution in [0.15, 0.2) is 53.6 Å². The van der Waals surface area contributed by atoms with Crippen molar-refractivity contribution in [3.8, 4) is 0 Å². The van der Waals surface area contributed by atoms with E-state index in [1.54, 1.807) is 12.1 Å². The molecule has 114 valence electrons. The van der Waals surface area contributed by atoms with Crippen molar-refractivity contribution in [2.24, 2.45) is 5.10 Å². The monoisotopic (exact) mass is 315 g/mol. The second kappa shape index (κ2) is 7.61. The number of carbonyl (C=O) groups excluding carboxylic acids is 1. The van der Waals surface area contributed by atoms with E-state index in [0.717, 1.165) is 11.3 Å². The molecule has 0 aliphatic carbocycles. The first kappa shape index (κ1) is 16.0. The largest absolute Gasteiger partial charge is 0.376 e. The van der Waals surface area contributed by atoms with Gasteiger partial charge in [0.05, 0.1) is 12.3 Å². The lowest BCUT2D eigenvalue weighted by Gasteiger charge is -2.06. The van der Waals surface area contributed by atoms with Crippen LogP contribution in [0.5, 0.6) is 0 Å². The van der Waals surface area contributed by atoms with E-state index in [-0.39, 0.29) is 12.5 Å². The summed E-state index contributed by atoms with van der Waals surface area (Å²) in [6.07, 6.45) is 0. The zero-order chi connectivity index (χ0) is 15.9. The average Bonchev–Trinajstić information content (AvgIpc) is 2.52. The zero-order valence-electron chi connectivity index (χ0n) is 12.6. The minimum atomic E-state index is -0.207. The van der Waals surface area contributed by atoms with Crippen LogP contribution < -0.4 is 10.7 Å². The molecule has 0 aromatic heterocycles. The van der Waals surface area contributed by atoms with Gasteiger partial charge in [0.2, 0.25) is 0 Å². The summed E-state index contributed by atoms with van der Waals surface area (Å²) < 4.78 is 0. The fourth-order valence-corrected chi connectivity index (χ4v) is 2.01. The highest BCUT2D eigenvalue weighted by molar-refractivity contribution is 6.31. The van der Waals surface area contributed by atoms with Gasteiger partial charge < -0.3 is 5.32 Å². The number of carbonyl (C=O) groups is 1. The molecule has 2 aromatic carbocycles. The van der Waals surface area contributed by atoms with Gasteiger partial charge in [-0.15, -0.1) is 0 Å². The molecule has 0 aliphatic heterocycles. The van der Waals surface area contributed by atoms with Crippen molar-refractivity contribution in [2.75, 3.05) is 11.9 Å². The fraction of sp³-hybridized carbons (Fsp3) is 0.176. The van der Waals surface area contributed by atoms with Crippen LogP contribution in [0.25, 0.3) is 0 Å². The Morgan fingerprint density at radius 1 is 1.18 bits per heavy atom. The SMILES string of the molecule is C/C(=N/NC(=O)CNc1ccc(C)cc1)c1cccc(Cl)c1. The van der Waals surface area contributed by atoms with E-state index in [4.69, 9.17) is 11.6 Å². The minimum Gasteiger partial charge on any atom is -0.376 e. The maximum Gasteiger partial charge on any atom is 0.259 e. The summed E-state index contributed by atoms with van der Waals surface area (Å²) in [6.45, 7) is 4.00. The number of hydrazone groups is 1. The van der Waals surface area contributed by atoms with E-state index in [1.807, 2.05) is 50.2 Å². The summed E-state index contributed by atoms with van der Waals surface area (Å²) in [7, 11) is 0. The lowest BCUT2D eigenvalue weighted by molar-refractivity contribution is -0.119. The molecule has 0 atom stereocenters. The number of halogens is 1. The normalized spacial score (nSPS) is 11.1. The third-order valence-corrected chi connectivity index (χ3v) is 3.33. The molecular weight excluding hydrogens is 298 g/mol. The predicted octanol–water partition coefficient (Wildman–Crippen LogP) is 3.60. The van der Waals surface area contributed by atoms with Gasteiger partial charge in [0.25, 0.3) is 5.91 Å². The van der Waals surface area contributed by atoms with Crippen LogP contribution in [0.1, 0.15) is 18.1 Å². The van der Waals surface area contributed by atoms with E-state index >= 15 is 0 Å². The van der Waals surface area contributed by atoms with Crippen LogP contribution in [0, 0.1) is 6.92 Å². The van der Waals surface area contributed by atoms with Crippen LogP contribution in [-0.4, -0.2) is 18.2 Å². The Morgan fingerprint density at radius 3 is 2.59 bits per heavy atom. The number of aryl methyl sites for hydroxylation is 1. The van der Waals surface area contributed by atoms with Crippen LogP contribution in [-0.2, 0) is 4.79 Å². The van der Waals surface area contributed by atoms with Gasteiger partial charge in [-0.2, -0.15) is 5.10 Å². The molecule has 0 radical (unpaired) electrons. The van der Waals surface area contributed by atoms with E-state index in [9.17, 15) is 4.79 Å². The van der Waals surface area contributed by atoms with E-state index in [1.165, 1.54) is 5.56 Å². The maximum absolute atomic E-state index is 11.8. The quantitative estimate of drug-likeness (QED) is 0.654. The number of anilines is 1. The number of hydrogen-bond donors (Lipinski definition) is 2. The Labute approximate surface area is 135 Å². The summed E-state index contributed by atoms with van der Waals surface area (Å²) in [4.78, 5) is 11.8. The van der Waals surface area contributed by atoms with E-state index in [0.29, 0.717) is 10.7 Å². The highest BCUT2D eigenvalue weighted by atomic mass is 35.5. The molecule has 0 heterocycles. The van der Waals surface area contributed by atoms with E-state index in [2.05, 4.69) is 15.8 Å². The molecule has 5 heteroatoms. The zero-order valence-corrected chi connectivity index (χ0v) is 13.3. The molecule has 1 amide bonds. The van der Waals surface area contributed by atoms with Crippen molar-refractivity contribution >= 4 is 28.9 Å². The number of hydrogen-bond acceptors (Lipinski definition) is 3. The van der Waals surface area contributed by atoms with Crippen molar-refractivity contribution in [2.45, 2.75) is 13.8 Å². The third kappa shape index (κ3) is 4.90. The number of rotatable bonds is 5. The van der Waals surface area contributed by atoms with Crippen molar-refractivity contribution in [1.29, 1.82) is 0 Å². The Balaban J connectivity index is 1.86. The summed E-state index contributed by atoms with van der Waals surface area (Å²) in [5.74, 6) is -0.207. The number of nitrogens with one attached hydrogen (secondary N) is 2. The minimum absolute atomic E-state index is 0.162. The van der Waals surface area contributed by atoms with Gasteiger partial charge in [0.15, 0.2) is 0 Å². The van der Waals surface area contributed by atoms with Crippen LogP contribution in [0.3, 0.4) is 0 Å². The molecule has 2 aromatic rings. The van der Waals surface area contributed by atoms with Crippen LogP contribution in [0.4, 0.5) is 5.69 Å². The number of benzene rings is 2. The molecule has 22 heavy (non-hydrogen) atoms.